The second kappa shape index (κ2) is 5.16. The first-order valence-corrected chi connectivity index (χ1v) is 5.90. The summed E-state index contributed by atoms with van der Waals surface area (Å²) in [4.78, 5) is 14.1. The minimum Gasteiger partial charge on any atom is -0.335 e. The molecule has 1 amide bonds. The van der Waals surface area contributed by atoms with Gasteiger partial charge in [0.2, 0.25) is 5.91 Å². The minimum atomic E-state index is -0.757. The molecule has 1 saturated carbocycles. The van der Waals surface area contributed by atoms with Crippen molar-refractivity contribution in [1.29, 1.82) is 5.26 Å². The van der Waals surface area contributed by atoms with Crippen LogP contribution in [-0.2, 0) is 4.79 Å². The molecule has 0 radical (unpaired) electrons. The van der Waals surface area contributed by atoms with E-state index in [9.17, 15) is 10.1 Å². The van der Waals surface area contributed by atoms with E-state index in [4.69, 9.17) is 0 Å². The smallest absolute Gasteiger partial charge is 0.243 e. The third-order valence-electron chi connectivity index (χ3n) is 3.29. The molecule has 3 nitrogen and oxygen atoms in total. The van der Waals surface area contributed by atoms with Gasteiger partial charge in [-0.15, -0.1) is 6.58 Å². The van der Waals surface area contributed by atoms with Crippen LogP contribution in [0.15, 0.2) is 12.7 Å². The van der Waals surface area contributed by atoms with E-state index in [1.165, 1.54) is 0 Å². The molecule has 0 saturated heterocycles. The Bertz CT molecular complexity index is 308. The molecule has 1 fully saturated rings. The summed E-state index contributed by atoms with van der Waals surface area (Å²) >= 11 is 0. The van der Waals surface area contributed by atoms with Crippen LogP contribution >= 0.6 is 0 Å². The fraction of sp³-hybridized carbons (Fsp3) is 0.692. The molecule has 0 bridgehead atoms. The first-order valence-electron chi connectivity index (χ1n) is 5.90. The fourth-order valence-corrected chi connectivity index (χ4v) is 2.29. The topological polar surface area (TPSA) is 44.1 Å². The van der Waals surface area contributed by atoms with Crippen molar-refractivity contribution in [2.45, 2.75) is 45.6 Å². The molecule has 0 unspecified atom stereocenters. The molecule has 0 spiro atoms. The Morgan fingerprint density at radius 2 is 2.12 bits per heavy atom. The summed E-state index contributed by atoms with van der Waals surface area (Å²) in [5.74, 6) is -0.0117. The summed E-state index contributed by atoms with van der Waals surface area (Å²) in [6.07, 6.45) is 5.11. The van der Waals surface area contributed by atoms with Gasteiger partial charge in [0.15, 0.2) is 0 Å². The van der Waals surface area contributed by atoms with Crippen molar-refractivity contribution in [3.05, 3.63) is 12.7 Å². The predicted molar refractivity (Wildman–Crippen MR) is 63.6 cm³/mol. The molecule has 0 aromatic heterocycles. The Labute approximate surface area is 97.7 Å². The summed E-state index contributed by atoms with van der Waals surface area (Å²) in [6.45, 7) is 8.14. The maximum Gasteiger partial charge on any atom is 0.243 e. The van der Waals surface area contributed by atoms with Crippen LogP contribution in [0.1, 0.15) is 39.5 Å². The summed E-state index contributed by atoms with van der Waals surface area (Å²) in [6, 6.07) is 2.37. The van der Waals surface area contributed by atoms with Crippen molar-refractivity contribution in [3.63, 3.8) is 0 Å². The molecule has 1 rings (SSSR count). The van der Waals surface area contributed by atoms with E-state index in [-0.39, 0.29) is 11.9 Å². The maximum atomic E-state index is 12.4. The van der Waals surface area contributed by atoms with Crippen LogP contribution in [0.4, 0.5) is 0 Å². The van der Waals surface area contributed by atoms with Gasteiger partial charge in [0, 0.05) is 12.6 Å². The minimum absolute atomic E-state index is 0.0117. The molecule has 0 heterocycles. The average molecular weight is 220 g/mol. The monoisotopic (exact) mass is 220 g/mol. The molecule has 0 aliphatic heterocycles. The lowest BCUT2D eigenvalue weighted by molar-refractivity contribution is -0.140. The van der Waals surface area contributed by atoms with Gasteiger partial charge in [-0.2, -0.15) is 5.26 Å². The van der Waals surface area contributed by atoms with E-state index in [0.29, 0.717) is 19.4 Å². The third kappa shape index (κ3) is 2.27. The molecule has 16 heavy (non-hydrogen) atoms. The third-order valence-corrected chi connectivity index (χ3v) is 3.29. The highest BCUT2D eigenvalue weighted by Gasteiger charge is 2.44. The van der Waals surface area contributed by atoms with Crippen LogP contribution in [0.25, 0.3) is 0 Å². The van der Waals surface area contributed by atoms with Gasteiger partial charge in [-0.3, -0.25) is 4.79 Å². The molecule has 3 heteroatoms. The lowest BCUT2D eigenvalue weighted by Gasteiger charge is -2.32. The van der Waals surface area contributed by atoms with Crippen LogP contribution < -0.4 is 0 Å². The lowest BCUT2D eigenvalue weighted by Crippen LogP contribution is -2.45. The van der Waals surface area contributed by atoms with E-state index in [1.807, 2.05) is 13.8 Å². The van der Waals surface area contributed by atoms with Gasteiger partial charge in [-0.05, 0) is 26.7 Å². The molecular weight excluding hydrogens is 200 g/mol. The highest BCUT2D eigenvalue weighted by atomic mass is 16.2. The first-order chi connectivity index (χ1) is 7.57. The Balaban J connectivity index is 2.88. The van der Waals surface area contributed by atoms with Gasteiger partial charge in [0.25, 0.3) is 0 Å². The summed E-state index contributed by atoms with van der Waals surface area (Å²) in [7, 11) is 0. The highest BCUT2D eigenvalue weighted by Crippen LogP contribution is 2.39. The van der Waals surface area contributed by atoms with Crippen molar-refractivity contribution in [2.75, 3.05) is 6.54 Å². The van der Waals surface area contributed by atoms with Crippen LogP contribution in [-0.4, -0.2) is 23.4 Å². The Morgan fingerprint density at radius 3 is 2.50 bits per heavy atom. The average Bonchev–Trinajstić information content (AvgIpc) is 2.74. The maximum absolute atomic E-state index is 12.4. The first kappa shape index (κ1) is 12.8. The lowest BCUT2D eigenvalue weighted by atomic mass is 9.86. The number of amides is 1. The number of rotatable bonds is 4. The zero-order valence-corrected chi connectivity index (χ0v) is 10.2. The summed E-state index contributed by atoms with van der Waals surface area (Å²) < 4.78 is 0. The Morgan fingerprint density at radius 1 is 1.56 bits per heavy atom. The Kier molecular flexibility index (Phi) is 4.12. The van der Waals surface area contributed by atoms with Gasteiger partial charge in [-0.1, -0.05) is 18.9 Å². The van der Waals surface area contributed by atoms with Crippen LogP contribution in [0.5, 0.6) is 0 Å². The number of nitriles is 1. The molecule has 0 N–H and O–H groups in total. The zero-order chi connectivity index (χ0) is 12.2. The molecular formula is C13H20N2O. The van der Waals surface area contributed by atoms with Gasteiger partial charge in [-0.25, -0.2) is 0 Å². The van der Waals surface area contributed by atoms with Crippen LogP contribution in [0.2, 0.25) is 0 Å². The van der Waals surface area contributed by atoms with E-state index >= 15 is 0 Å². The van der Waals surface area contributed by atoms with Crippen molar-refractivity contribution in [3.8, 4) is 6.07 Å². The van der Waals surface area contributed by atoms with Gasteiger partial charge < -0.3 is 4.90 Å². The largest absolute Gasteiger partial charge is 0.335 e. The van der Waals surface area contributed by atoms with Crippen molar-refractivity contribution in [1.82, 2.24) is 4.90 Å². The summed E-state index contributed by atoms with van der Waals surface area (Å²) in [5, 5.41) is 9.26. The number of carbonyl (C=O) groups is 1. The standard InChI is InChI=1S/C13H20N2O/c1-4-9-15(11(2)3)12(16)13(10-14)7-5-6-8-13/h4,11H,1,5-9H2,2-3H3. The highest BCUT2D eigenvalue weighted by molar-refractivity contribution is 5.86. The SMILES string of the molecule is C=CCN(C(=O)C1(C#N)CCCC1)C(C)C. The number of hydrogen-bond acceptors (Lipinski definition) is 2. The fourth-order valence-electron chi connectivity index (χ4n) is 2.29. The summed E-state index contributed by atoms with van der Waals surface area (Å²) in [5.41, 5.74) is -0.757. The molecule has 0 atom stereocenters. The Hall–Kier alpha value is -1.30. The van der Waals surface area contributed by atoms with Crippen LogP contribution in [0.3, 0.4) is 0 Å². The molecule has 1 aliphatic rings. The van der Waals surface area contributed by atoms with E-state index in [0.717, 1.165) is 12.8 Å². The second-order valence-corrected chi connectivity index (χ2v) is 4.74. The van der Waals surface area contributed by atoms with E-state index in [1.54, 1.807) is 11.0 Å². The van der Waals surface area contributed by atoms with Crippen molar-refractivity contribution < 1.29 is 4.79 Å². The normalized spacial score (nSPS) is 18.1. The van der Waals surface area contributed by atoms with Gasteiger partial charge in [0.05, 0.1) is 6.07 Å². The van der Waals surface area contributed by atoms with E-state index in [2.05, 4.69) is 12.6 Å². The zero-order valence-electron chi connectivity index (χ0n) is 10.2. The predicted octanol–water partition coefficient (Wildman–Crippen LogP) is 2.49. The quantitative estimate of drug-likeness (QED) is 0.683. The molecule has 1 aliphatic carbocycles. The molecule has 88 valence electrons. The number of hydrogen-bond donors (Lipinski definition) is 0. The molecule has 0 aromatic rings. The number of nitrogens with zero attached hydrogens (tertiary/aromatic N) is 2. The van der Waals surface area contributed by atoms with Crippen LogP contribution in [0, 0.1) is 16.7 Å². The van der Waals surface area contributed by atoms with Crippen molar-refractivity contribution >= 4 is 5.91 Å². The molecule has 0 aromatic carbocycles. The van der Waals surface area contributed by atoms with Gasteiger partial charge >= 0.3 is 0 Å². The van der Waals surface area contributed by atoms with E-state index < -0.39 is 5.41 Å². The van der Waals surface area contributed by atoms with Crippen molar-refractivity contribution in [2.24, 2.45) is 5.41 Å². The number of carbonyl (C=O) groups excluding carboxylic acids is 1. The second-order valence-electron chi connectivity index (χ2n) is 4.74. The van der Waals surface area contributed by atoms with Gasteiger partial charge in [0.1, 0.15) is 5.41 Å².